The fraction of sp³-hybridized carbons (Fsp3) is 0.579. The van der Waals surface area contributed by atoms with E-state index in [0.29, 0.717) is 24.7 Å². The van der Waals surface area contributed by atoms with Crippen molar-refractivity contribution >= 4 is 23.5 Å². The molecule has 0 saturated carbocycles. The molecule has 3 rings (SSSR count). The third-order valence-corrected chi connectivity index (χ3v) is 5.02. The predicted octanol–water partition coefficient (Wildman–Crippen LogP) is 2.76. The number of halogens is 1. The molecule has 2 saturated heterocycles. The minimum Gasteiger partial charge on any atom is -0.487 e. The third kappa shape index (κ3) is 4.61. The minimum atomic E-state index is -0.0835. The number of benzene rings is 1. The van der Waals surface area contributed by atoms with Crippen LogP contribution in [-0.4, -0.2) is 60.1 Å². The Hall–Kier alpha value is -1.95. The van der Waals surface area contributed by atoms with E-state index in [1.165, 1.54) is 0 Å². The first-order chi connectivity index (χ1) is 12.4. The molecule has 7 heteroatoms. The first-order valence-electron chi connectivity index (χ1n) is 9.19. The quantitative estimate of drug-likeness (QED) is 0.875. The lowest BCUT2D eigenvalue weighted by Crippen LogP contribution is -2.61. The Morgan fingerprint density at radius 1 is 1.23 bits per heavy atom. The van der Waals surface area contributed by atoms with Crippen LogP contribution in [0.3, 0.4) is 0 Å². The van der Waals surface area contributed by atoms with Crippen molar-refractivity contribution < 1.29 is 14.3 Å². The number of hydrogen-bond donors (Lipinski definition) is 1. The van der Waals surface area contributed by atoms with E-state index in [1.807, 2.05) is 30.9 Å². The molecule has 6 nitrogen and oxygen atoms in total. The van der Waals surface area contributed by atoms with Crippen LogP contribution >= 0.6 is 11.6 Å². The Morgan fingerprint density at radius 3 is 2.69 bits per heavy atom. The van der Waals surface area contributed by atoms with E-state index in [9.17, 15) is 9.59 Å². The molecule has 0 spiro atoms. The third-order valence-electron chi connectivity index (χ3n) is 4.79. The first kappa shape index (κ1) is 18.8. The van der Waals surface area contributed by atoms with E-state index in [4.69, 9.17) is 16.3 Å². The van der Waals surface area contributed by atoms with Crippen LogP contribution in [0.1, 0.15) is 26.7 Å². The molecule has 0 radical (unpaired) electrons. The zero-order valence-electron chi connectivity index (χ0n) is 15.3. The highest BCUT2D eigenvalue weighted by molar-refractivity contribution is 6.30. The number of nitrogens with one attached hydrogen (secondary N) is 1. The molecule has 2 fully saturated rings. The van der Waals surface area contributed by atoms with Crippen molar-refractivity contribution in [2.45, 2.75) is 38.8 Å². The molecule has 2 heterocycles. The van der Waals surface area contributed by atoms with Crippen LogP contribution in [0.5, 0.6) is 5.75 Å². The molecule has 0 bridgehead atoms. The topological polar surface area (TPSA) is 61.9 Å². The molecule has 3 amide bonds. The second-order valence-electron chi connectivity index (χ2n) is 7.33. The molecule has 1 unspecified atom stereocenters. The van der Waals surface area contributed by atoms with Crippen molar-refractivity contribution in [3.8, 4) is 5.75 Å². The summed E-state index contributed by atoms with van der Waals surface area (Å²) in [5.74, 6) is 0.866. The summed E-state index contributed by atoms with van der Waals surface area (Å²) < 4.78 is 5.82. The molecular formula is C19H26ClN3O3. The summed E-state index contributed by atoms with van der Waals surface area (Å²) in [6, 6.07) is 7.20. The van der Waals surface area contributed by atoms with Crippen LogP contribution < -0.4 is 10.1 Å². The lowest BCUT2D eigenvalue weighted by atomic mass is 10.0. The van der Waals surface area contributed by atoms with Gasteiger partial charge in [-0.2, -0.15) is 0 Å². The van der Waals surface area contributed by atoms with Gasteiger partial charge in [0, 0.05) is 30.1 Å². The van der Waals surface area contributed by atoms with Gasteiger partial charge in [0.25, 0.3) is 0 Å². The van der Waals surface area contributed by atoms with Gasteiger partial charge in [0.15, 0.2) is 0 Å². The predicted molar refractivity (Wildman–Crippen MR) is 100 cm³/mol. The molecular weight excluding hydrogens is 354 g/mol. The number of piperidine rings is 1. The van der Waals surface area contributed by atoms with E-state index in [-0.39, 0.29) is 30.0 Å². The van der Waals surface area contributed by atoms with Crippen molar-refractivity contribution in [3.63, 3.8) is 0 Å². The molecule has 142 valence electrons. The highest BCUT2D eigenvalue weighted by atomic mass is 35.5. The maximum atomic E-state index is 12.4. The molecule has 26 heavy (non-hydrogen) atoms. The van der Waals surface area contributed by atoms with Gasteiger partial charge >= 0.3 is 6.03 Å². The van der Waals surface area contributed by atoms with Crippen molar-refractivity contribution in [3.05, 3.63) is 29.3 Å². The van der Waals surface area contributed by atoms with Crippen LogP contribution in [-0.2, 0) is 4.79 Å². The van der Waals surface area contributed by atoms with Gasteiger partial charge in [-0.3, -0.25) is 4.79 Å². The highest BCUT2D eigenvalue weighted by Gasteiger charge is 2.34. The van der Waals surface area contributed by atoms with Gasteiger partial charge in [-0.05, 0) is 31.0 Å². The zero-order valence-corrected chi connectivity index (χ0v) is 16.0. The normalized spacial score (nSPS) is 20.7. The summed E-state index contributed by atoms with van der Waals surface area (Å²) in [5.41, 5.74) is 0. The van der Waals surface area contributed by atoms with Crippen LogP contribution in [0.4, 0.5) is 4.79 Å². The maximum Gasteiger partial charge on any atom is 0.317 e. The Bertz CT molecular complexity index is 661. The van der Waals surface area contributed by atoms with Crippen molar-refractivity contribution in [2.24, 2.45) is 5.92 Å². The molecule has 1 N–H and O–H groups in total. The highest BCUT2D eigenvalue weighted by Crippen LogP contribution is 2.22. The average Bonchev–Trinajstić information content (AvgIpc) is 2.57. The van der Waals surface area contributed by atoms with Gasteiger partial charge in [0.05, 0.1) is 13.1 Å². The van der Waals surface area contributed by atoms with E-state index < -0.39 is 0 Å². The van der Waals surface area contributed by atoms with Crippen LogP contribution in [0, 0.1) is 5.92 Å². The molecule has 1 atom stereocenters. The van der Waals surface area contributed by atoms with Crippen molar-refractivity contribution in [2.75, 3.05) is 26.2 Å². The summed E-state index contributed by atoms with van der Waals surface area (Å²) >= 11 is 5.95. The number of likely N-dealkylation sites (tertiary alicyclic amines) is 2. The van der Waals surface area contributed by atoms with E-state index in [1.54, 1.807) is 17.0 Å². The van der Waals surface area contributed by atoms with E-state index >= 15 is 0 Å². The lowest BCUT2D eigenvalue weighted by molar-refractivity contribution is -0.135. The van der Waals surface area contributed by atoms with Gasteiger partial charge in [0.1, 0.15) is 11.9 Å². The van der Waals surface area contributed by atoms with Gasteiger partial charge in [-0.25, -0.2) is 4.79 Å². The summed E-state index contributed by atoms with van der Waals surface area (Å²) in [7, 11) is 0. The number of amides is 3. The van der Waals surface area contributed by atoms with Gasteiger partial charge in [-0.1, -0.05) is 31.5 Å². The number of hydrogen-bond acceptors (Lipinski definition) is 3. The molecule has 0 aliphatic carbocycles. The Balaban J connectivity index is 1.43. The van der Waals surface area contributed by atoms with Crippen molar-refractivity contribution in [1.82, 2.24) is 15.1 Å². The zero-order chi connectivity index (χ0) is 18.7. The second-order valence-corrected chi connectivity index (χ2v) is 7.77. The summed E-state index contributed by atoms with van der Waals surface area (Å²) in [5, 5.41) is 3.69. The second kappa shape index (κ2) is 8.16. The molecule has 2 aliphatic heterocycles. The molecule has 1 aromatic carbocycles. The number of urea groups is 1. The molecule has 2 aliphatic rings. The van der Waals surface area contributed by atoms with Crippen LogP contribution in [0.25, 0.3) is 0 Å². The van der Waals surface area contributed by atoms with Gasteiger partial charge in [0.2, 0.25) is 5.91 Å². The SMILES string of the molecule is CC(C)C(=O)N1CCCC(NC(=O)N2CC(Oc3cccc(Cl)c3)C2)C1. The minimum absolute atomic E-state index is 0.00964. The van der Waals surface area contributed by atoms with E-state index in [0.717, 1.165) is 25.1 Å². The number of rotatable bonds is 4. The summed E-state index contributed by atoms with van der Waals surface area (Å²) in [6.45, 7) is 6.30. The lowest BCUT2D eigenvalue weighted by Gasteiger charge is -2.41. The Morgan fingerprint density at radius 2 is 2.00 bits per heavy atom. The number of nitrogens with zero attached hydrogens (tertiary/aromatic N) is 2. The van der Waals surface area contributed by atoms with E-state index in [2.05, 4.69) is 5.32 Å². The fourth-order valence-electron chi connectivity index (χ4n) is 3.34. The summed E-state index contributed by atoms with van der Waals surface area (Å²) in [4.78, 5) is 28.1. The maximum absolute atomic E-state index is 12.4. The monoisotopic (exact) mass is 379 g/mol. The largest absolute Gasteiger partial charge is 0.487 e. The van der Waals surface area contributed by atoms with Crippen LogP contribution in [0.15, 0.2) is 24.3 Å². The molecule has 1 aromatic rings. The van der Waals surface area contributed by atoms with Crippen LogP contribution in [0.2, 0.25) is 5.02 Å². The number of ether oxygens (including phenoxy) is 1. The average molecular weight is 380 g/mol. The number of carbonyl (C=O) groups is 2. The smallest absolute Gasteiger partial charge is 0.317 e. The fourth-order valence-corrected chi connectivity index (χ4v) is 3.52. The summed E-state index contributed by atoms with van der Waals surface area (Å²) in [6.07, 6.45) is 1.82. The molecule has 0 aromatic heterocycles. The number of carbonyl (C=O) groups excluding carboxylic acids is 2. The van der Waals surface area contributed by atoms with Crippen molar-refractivity contribution in [1.29, 1.82) is 0 Å². The first-order valence-corrected chi connectivity index (χ1v) is 9.56. The standard InChI is InChI=1S/C19H26ClN3O3/c1-13(2)18(24)22-8-4-6-15(10-22)21-19(25)23-11-17(12-23)26-16-7-3-5-14(20)9-16/h3,5,7,9,13,15,17H,4,6,8,10-12H2,1-2H3,(H,21,25). The van der Waals surface area contributed by atoms with Gasteiger partial charge in [-0.15, -0.1) is 0 Å². The Labute approximate surface area is 159 Å². The Kier molecular flexibility index (Phi) is 5.91. The van der Waals surface area contributed by atoms with Gasteiger partial charge < -0.3 is 19.9 Å².